The molecule has 2 aromatic rings. The lowest BCUT2D eigenvalue weighted by Crippen LogP contribution is -2.35. The van der Waals surface area contributed by atoms with E-state index in [1.54, 1.807) is 6.07 Å². The lowest BCUT2D eigenvalue weighted by Gasteiger charge is -2.23. The monoisotopic (exact) mass is 284 g/mol. The van der Waals surface area contributed by atoms with Crippen molar-refractivity contribution in [3.63, 3.8) is 0 Å². The Morgan fingerprint density at radius 1 is 1.10 bits per heavy atom. The summed E-state index contributed by atoms with van der Waals surface area (Å²) in [5.74, 6) is 5.94. The molecule has 2 aromatic carbocycles. The van der Waals surface area contributed by atoms with Crippen LogP contribution in [0.15, 0.2) is 54.2 Å². The highest BCUT2D eigenvalue weighted by atomic mass is 19.1. The molecule has 4 nitrogen and oxygen atoms in total. The van der Waals surface area contributed by atoms with Gasteiger partial charge in [0.1, 0.15) is 5.82 Å². The third kappa shape index (κ3) is 2.61. The molecule has 0 fully saturated rings. The van der Waals surface area contributed by atoms with Crippen molar-refractivity contribution in [2.75, 3.05) is 11.6 Å². The SMILES string of the molecule is N/C(=C1/CNCc2cc(F)ccc2N1N)c1ccccc1. The Kier molecular flexibility index (Phi) is 3.60. The highest BCUT2D eigenvalue weighted by molar-refractivity contribution is 5.72. The van der Waals surface area contributed by atoms with Gasteiger partial charge in [0.25, 0.3) is 0 Å². The van der Waals surface area contributed by atoms with Gasteiger partial charge in [-0.2, -0.15) is 0 Å². The summed E-state index contributed by atoms with van der Waals surface area (Å²) < 4.78 is 13.4. The molecule has 3 rings (SSSR count). The Morgan fingerprint density at radius 3 is 2.62 bits per heavy atom. The van der Waals surface area contributed by atoms with E-state index in [4.69, 9.17) is 11.6 Å². The van der Waals surface area contributed by atoms with Crippen LogP contribution in [0.25, 0.3) is 5.70 Å². The van der Waals surface area contributed by atoms with E-state index in [1.807, 2.05) is 30.3 Å². The summed E-state index contributed by atoms with van der Waals surface area (Å²) in [6, 6.07) is 14.2. The van der Waals surface area contributed by atoms with Crippen LogP contribution in [0.3, 0.4) is 0 Å². The molecule has 21 heavy (non-hydrogen) atoms. The van der Waals surface area contributed by atoms with Crippen LogP contribution in [0.5, 0.6) is 0 Å². The van der Waals surface area contributed by atoms with E-state index in [1.165, 1.54) is 17.1 Å². The number of nitrogens with one attached hydrogen (secondary N) is 1. The van der Waals surface area contributed by atoms with Crippen molar-refractivity contribution >= 4 is 11.4 Å². The molecule has 0 atom stereocenters. The van der Waals surface area contributed by atoms with Gasteiger partial charge in [-0.1, -0.05) is 30.3 Å². The standard InChI is InChI=1S/C16H17FN4/c17-13-6-7-14-12(8-13)9-20-10-15(21(14)19)16(18)11-4-2-1-3-5-11/h1-8,20H,9-10,18-19H2/b16-15-. The topological polar surface area (TPSA) is 67.3 Å². The Balaban J connectivity index is 2.07. The summed E-state index contributed by atoms with van der Waals surface area (Å²) in [5, 5.41) is 4.77. The molecule has 0 aromatic heterocycles. The first-order valence-electron chi connectivity index (χ1n) is 6.75. The molecule has 0 spiro atoms. The van der Waals surface area contributed by atoms with Gasteiger partial charge in [-0.25, -0.2) is 10.2 Å². The minimum absolute atomic E-state index is 0.271. The number of nitrogens with zero attached hydrogens (tertiary/aromatic N) is 1. The smallest absolute Gasteiger partial charge is 0.123 e. The second-order valence-electron chi connectivity index (χ2n) is 4.97. The van der Waals surface area contributed by atoms with Gasteiger partial charge in [0.2, 0.25) is 0 Å². The lowest BCUT2D eigenvalue weighted by molar-refractivity contribution is 0.624. The molecule has 5 heteroatoms. The van der Waals surface area contributed by atoms with E-state index in [-0.39, 0.29) is 5.82 Å². The van der Waals surface area contributed by atoms with Crippen molar-refractivity contribution in [3.05, 3.63) is 71.2 Å². The van der Waals surface area contributed by atoms with Crippen LogP contribution >= 0.6 is 0 Å². The Morgan fingerprint density at radius 2 is 1.86 bits per heavy atom. The van der Waals surface area contributed by atoms with E-state index >= 15 is 0 Å². The zero-order valence-corrected chi connectivity index (χ0v) is 11.5. The molecule has 1 aliphatic rings. The molecule has 1 aliphatic heterocycles. The fourth-order valence-corrected chi connectivity index (χ4v) is 2.49. The van der Waals surface area contributed by atoms with E-state index in [2.05, 4.69) is 5.32 Å². The lowest BCUT2D eigenvalue weighted by atomic mass is 10.1. The zero-order chi connectivity index (χ0) is 14.8. The zero-order valence-electron chi connectivity index (χ0n) is 11.5. The van der Waals surface area contributed by atoms with Gasteiger partial charge >= 0.3 is 0 Å². The minimum atomic E-state index is -0.271. The molecule has 5 N–H and O–H groups in total. The first kappa shape index (κ1) is 13.6. The van der Waals surface area contributed by atoms with Crippen LogP contribution in [0.2, 0.25) is 0 Å². The van der Waals surface area contributed by atoms with Crippen molar-refractivity contribution in [1.82, 2.24) is 5.32 Å². The summed E-state index contributed by atoms with van der Waals surface area (Å²) in [5.41, 5.74) is 10.1. The average molecular weight is 284 g/mol. The molecule has 0 saturated carbocycles. The number of fused-ring (bicyclic) bond motifs is 1. The molecule has 0 bridgehead atoms. The van der Waals surface area contributed by atoms with Crippen LogP contribution < -0.4 is 21.9 Å². The van der Waals surface area contributed by atoms with Crippen molar-refractivity contribution in [3.8, 4) is 0 Å². The number of halogens is 1. The largest absolute Gasteiger partial charge is 0.397 e. The van der Waals surface area contributed by atoms with Gasteiger partial charge in [0.15, 0.2) is 0 Å². The third-order valence-corrected chi connectivity index (χ3v) is 3.60. The maximum atomic E-state index is 13.4. The normalized spacial score (nSPS) is 17.1. The molecular formula is C16H17FN4. The maximum absolute atomic E-state index is 13.4. The van der Waals surface area contributed by atoms with Crippen molar-refractivity contribution in [2.45, 2.75) is 6.54 Å². The Hall–Kier alpha value is -2.37. The number of hydrazine groups is 1. The highest BCUT2D eigenvalue weighted by Gasteiger charge is 2.20. The van der Waals surface area contributed by atoms with Gasteiger partial charge in [-0.3, -0.25) is 5.01 Å². The molecule has 1 heterocycles. The number of nitrogens with two attached hydrogens (primary N) is 2. The van der Waals surface area contributed by atoms with Crippen LogP contribution in [0, 0.1) is 5.82 Å². The molecule has 0 radical (unpaired) electrons. The molecular weight excluding hydrogens is 267 g/mol. The molecule has 0 unspecified atom stereocenters. The summed E-state index contributed by atoms with van der Waals surface area (Å²) in [4.78, 5) is 0. The number of hydrogen-bond donors (Lipinski definition) is 3. The van der Waals surface area contributed by atoms with Crippen molar-refractivity contribution < 1.29 is 4.39 Å². The first-order chi connectivity index (χ1) is 10.2. The summed E-state index contributed by atoms with van der Waals surface area (Å²) >= 11 is 0. The van der Waals surface area contributed by atoms with Gasteiger partial charge in [-0.15, -0.1) is 0 Å². The Labute approximate surface area is 122 Å². The van der Waals surface area contributed by atoms with Crippen molar-refractivity contribution in [1.29, 1.82) is 0 Å². The van der Waals surface area contributed by atoms with Gasteiger partial charge in [0, 0.05) is 13.1 Å². The van der Waals surface area contributed by atoms with E-state index in [0.29, 0.717) is 18.8 Å². The average Bonchev–Trinajstić information content (AvgIpc) is 2.66. The van der Waals surface area contributed by atoms with Crippen LogP contribution in [-0.4, -0.2) is 6.54 Å². The van der Waals surface area contributed by atoms with Gasteiger partial charge < -0.3 is 11.1 Å². The number of rotatable bonds is 1. The molecule has 0 amide bonds. The molecule has 0 aliphatic carbocycles. The van der Waals surface area contributed by atoms with Crippen LogP contribution in [0.1, 0.15) is 11.1 Å². The second kappa shape index (κ2) is 5.55. The summed E-state index contributed by atoms with van der Waals surface area (Å²) in [7, 11) is 0. The van der Waals surface area contributed by atoms with Gasteiger partial charge in [0.05, 0.1) is 17.1 Å². The molecule has 0 saturated heterocycles. The second-order valence-corrected chi connectivity index (χ2v) is 4.97. The van der Waals surface area contributed by atoms with Crippen LogP contribution in [0.4, 0.5) is 10.1 Å². The first-order valence-corrected chi connectivity index (χ1v) is 6.75. The fraction of sp³-hybridized carbons (Fsp3) is 0.125. The number of anilines is 1. The van der Waals surface area contributed by atoms with E-state index in [0.717, 1.165) is 22.5 Å². The van der Waals surface area contributed by atoms with E-state index in [9.17, 15) is 4.39 Å². The molecule has 108 valence electrons. The predicted octanol–water partition coefficient (Wildman–Crippen LogP) is 1.94. The quantitative estimate of drug-likeness (QED) is 0.700. The van der Waals surface area contributed by atoms with Gasteiger partial charge in [-0.05, 0) is 29.3 Å². The minimum Gasteiger partial charge on any atom is -0.397 e. The predicted molar refractivity (Wildman–Crippen MR) is 82.3 cm³/mol. The Bertz CT molecular complexity index is 682. The van der Waals surface area contributed by atoms with Crippen molar-refractivity contribution in [2.24, 2.45) is 11.6 Å². The fourth-order valence-electron chi connectivity index (χ4n) is 2.49. The number of benzene rings is 2. The highest BCUT2D eigenvalue weighted by Crippen LogP contribution is 2.27. The summed E-state index contributed by atoms with van der Waals surface area (Å²) in [6.07, 6.45) is 0. The van der Waals surface area contributed by atoms with E-state index < -0.39 is 0 Å². The van der Waals surface area contributed by atoms with Crippen LogP contribution in [-0.2, 0) is 6.54 Å². The third-order valence-electron chi connectivity index (χ3n) is 3.60. The maximum Gasteiger partial charge on any atom is 0.123 e. The number of hydrogen-bond acceptors (Lipinski definition) is 4. The summed E-state index contributed by atoms with van der Waals surface area (Å²) in [6.45, 7) is 1.07.